The standard InChI is InChI=1S/C6H15NO/c1-5-6(2)7(3,4)8/h6H,5H2,1-4H3. The van der Waals surface area contributed by atoms with Crippen molar-refractivity contribution in [2.45, 2.75) is 26.3 Å². The Morgan fingerprint density at radius 3 is 1.88 bits per heavy atom. The minimum absolute atomic E-state index is 0.170. The fourth-order valence-corrected chi connectivity index (χ4v) is 0.440. The maximum Gasteiger partial charge on any atom is 0.0852 e. The zero-order valence-corrected chi connectivity index (χ0v) is 6.14. The van der Waals surface area contributed by atoms with E-state index < -0.39 is 0 Å². The predicted molar refractivity (Wildman–Crippen MR) is 35.2 cm³/mol. The van der Waals surface area contributed by atoms with Crippen LogP contribution in [0.4, 0.5) is 0 Å². The molecule has 50 valence electrons. The molecule has 0 amide bonds. The summed E-state index contributed by atoms with van der Waals surface area (Å²) >= 11 is 0. The van der Waals surface area contributed by atoms with Gasteiger partial charge in [-0.3, -0.25) is 0 Å². The van der Waals surface area contributed by atoms with E-state index in [1.165, 1.54) is 0 Å². The van der Waals surface area contributed by atoms with Crippen LogP contribution < -0.4 is 0 Å². The molecule has 0 aromatic carbocycles. The van der Waals surface area contributed by atoms with Crippen LogP contribution in [0.15, 0.2) is 0 Å². The smallest absolute Gasteiger partial charge is 0.0852 e. The molecule has 0 aliphatic heterocycles. The molecule has 0 aromatic heterocycles. The third-order valence-electron chi connectivity index (χ3n) is 1.65. The van der Waals surface area contributed by atoms with Gasteiger partial charge in [0.25, 0.3) is 0 Å². The average Bonchev–Trinajstić information content (AvgIpc) is 1.62. The molecule has 0 aliphatic carbocycles. The van der Waals surface area contributed by atoms with Gasteiger partial charge in [-0.25, -0.2) is 0 Å². The molecule has 0 saturated carbocycles. The molecule has 0 bridgehead atoms. The van der Waals surface area contributed by atoms with Crippen molar-refractivity contribution in [3.05, 3.63) is 5.21 Å². The van der Waals surface area contributed by atoms with Crippen LogP contribution in [0.3, 0.4) is 0 Å². The molecular weight excluding hydrogens is 102 g/mol. The van der Waals surface area contributed by atoms with E-state index >= 15 is 0 Å². The first kappa shape index (κ1) is 7.92. The summed E-state index contributed by atoms with van der Waals surface area (Å²) in [5, 5.41) is 11.0. The van der Waals surface area contributed by atoms with Gasteiger partial charge in [-0.1, -0.05) is 6.92 Å². The van der Waals surface area contributed by atoms with Crippen molar-refractivity contribution >= 4 is 0 Å². The lowest BCUT2D eigenvalue weighted by atomic mass is 10.2. The largest absolute Gasteiger partial charge is 0.633 e. The van der Waals surface area contributed by atoms with E-state index in [0.29, 0.717) is 0 Å². The maximum absolute atomic E-state index is 11.0. The Balaban J connectivity index is 3.62. The maximum atomic E-state index is 11.0. The van der Waals surface area contributed by atoms with Gasteiger partial charge in [0, 0.05) is 0 Å². The van der Waals surface area contributed by atoms with Crippen molar-refractivity contribution in [2.24, 2.45) is 0 Å². The van der Waals surface area contributed by atoms with Gasteiger partial charge in [-0.05, 0) is 13.3 Å². The SMILES string of the molecule is CCC(C)[N+](C)(C)[O-]. The second kappa shape index (κ2) is 2.46. The van der Waals surface area contributed by atoms with E-state index in [2.05, 4.69) is 0 Å². The fraction of sp³-hybridized carbons (Fsp3) is 1.00. The van der Waals surface area contributed by atoms with Crippen molar-refractivity contribution in [1.29, 1.82) is 0 Å². The average molecular weight is 117 g/mol. The molecule has 1 atom stereocenters. The minimum Gasteiger partial charge on any atom is -0.633 e. The third kappa shape index (κ3) is 2.28. The zero-order chi connectivity index (χ0) is 6.78. The van der Waals surface area contributed by atoms with Gasteiger partial charge in [0.2, 0.25) is 0 Å². The van der Waals surface area contributed by atoms with Gasteiger partial charge >= 0.3 is 0 Å². The number of hydrogen-bond acceptors (Lipinski definition) is 1. The molecule has 2 nitrogen and oxygen atoms in total. The number of rotatable bonds is 2. The number of hydroxylamine groups is 3. The van der Waals surface area contributed by atoms with Crippen molar-refractivity contribution in [1.82, 2.24) is 0 Å². The molecule has 0 heterocycles. The van der Waals surface area contributed by atoms with E-state index in [1.807, 2.05) is 13.8 Å². The molecule has 0 saturated heterocycles. The summed E-state index contributed by atoms with van der Waals surface area (Å²) in [6.07, 6.45) is 0.955. The van der Waals surface area contributed by atoms with Crippen LogP contribution in [0.1, 0.15) is 20.3 Å². The molecular formula is C6H15NO. The third-order valence-corrected chi connectivity index (χ3v) is 1.65. The van der Waals surface area contributed by atoms with Gasteiger partial charge in [0.05, 0.1) is 20.1 Å². The Labute approximate surface area is 51.3 Å². The van der Waals surface area contributed by atoms with Crippen LogP contribution >= 0.6 is 0 Å². The second-order valence-corrected chi connectivity index (χ2v) is 2.69. The Morgan fingerprint density at radius 1 is 1.50 bits per heavy atom. The second-order valence-electron chi connectivity index (χ2n) is 2.69. The summed E-state index contributed by atoms with van der Waals surface area (Å²) < 4.78 is -0.170. The van der Waals surface area contributed by atoms with Gasteiger partial charge < -0.3 is 9.85 Å². The first-order valence-electron chi connectivity index (χ1n) is 3.03. The molecule has 1 unspecified atom stereocenters. The monoisotopic (exact) mass is 117 g/mol. The quantitative estimate of drug-likeness (QED) is 0.395. The van der Waals surface area contributed by atoms with Crippen LogP contribution in [-0.2, 0) is 0 Å². The first-order chi connectivity index (χ1) is 3.48. The number of hydrogen-bond donors (Lipinski definition) is 0. The number of nitrogens with zero attached hydrogens (tertiary/aromatic N) is 1. The van der Waals surface area contributed by atoms with Crippen molar-refractivity contribution < 1.29 is 4.65 Å². The van der Waals surface area contributed by atoms with Crippen LogP contribution in [0.25, 0.3) is 0 Å². The molecule has 0 radical (unpaired) electrons. The lowest BCUT2D eigenvalue weighted by molar-refractivity contribution is -0.864. The summed E-state index contributed by atoms with van der Waals surface area (Å²) in [5.41, 5.74) is 0. The van der Waals surface area contributed by atoms with Crippen molar-refractivity contribution in [2.75, 3.05) is 14.1 Å². The van der Waals surface area contributed by atoms with E-state index in [0.717, 1.165) is 6.42 Å². The van der Waals surface area contributed by atoms with Crippen molar-refractivity contribution in [3.63, 3.8) is 0 Å². The highest BCUT2D eigenvalue weighted by molar-refractivity contribution is 4.44. The van der Waals surface area contributed by atoms with E-state index in [-0.39, 0.29) is 10.7 Å². The molecule has 0 aliphatic rings. The first-order valence-corrected chi connectivity index (χ1v) is 3.03. The predicted octanol–water partition coefficient (Wildman–Crippen LogP) is 1.36. The summed E-state index contributed by atoms with van der Waals surface area (Å²) in [5.74, 6) is 0. The molecule has 2 heteroatoms. The Bertz CT molecular complexity index is 65.4. The molecule has 0 N–H and O–H groups in total. The lowest BCUT2D eigenvalue weighted by Gasteiger charge is -2.39. The summed E-state index contributed by atoms with van der Waals surface area (Å²) in [4.78, 5) is 0. The van der Waals surface area contributed by atoms with E-state index in [1.54, 1.807) is 14.1 Å². The zero-order valence-electron chi connectivity index (χ0n) is 6.14. The van der Waals surface area contributed by atoms with E-state index in [4.69, 9.17) is 0 Å². The van der Waals surface area contributed by atoms with Crippen LogP contribution in [-0.4, -0.2) is 24.8 Å². The van der Waals surface area contributed by atoms with E-state index in [9.17, 15) is 5.21 Å². The summed E-state index contributed by atoms with van der Waals surface area (Å²) in [6, 6.07) is 0.231. The molecule has 0 fully saturated rings. The Hall–Kier alpha value is -0.0800. The molecule has 0 spiro atoms. The molecule has 0 rings (SSSR count). The minimum atomic E-state index is -0.170. The molecule has 0 aromatic rings. The lowest BCUT2D eigenvalue weighted by Crippen LogP contribution is -2.40. The highest BCUT2D eigenvalue weighted by Gasteiger charge is 2.09. The fourth-order valence-electron chi connectivity index (χ4n) is 0.440. The summed E-state index contributed by atoms with van der Waals surface area (Å²) in [7, 11) is 3.35. The molecule has 8 heavy (non-hydrogen) atoms. The Kier molecular flexibility index (Phi) is 2.44. The van der Waals surface area contributed by atoms with Crippen molar-refractivity contribution in [3.8, 4) is 0 Å². The van der Waals surface area contributed by atoms with Crippen LogP contribution in [0, 0.1) is 5.21 Å². The van der Waals surface area contributed by atoms with Gasteiger partial charge in [-0.2, -0.15) is 0 Å². The van der Waals surface area contributed by atoms with Gasteiger partial charge in [0.15, 0.2) is 0 Å². The Morgan fingerprint density at radius 2 is 1.88 bits per heavy atom. The normalized spacial score (nSPS) is 16.1. The van der Waals surface area contributed by atoms with Gasteiger partial charge in [-0.15, -0.1) is 0 Å². The van der Waals surface area contributed by atoms with Crippen LogP contribution in [0.5, 0.6) is 0 Å². The topological polar surface area (TPSA) is 23.1 Å². The summed E-state index contributed by atoms with van der Waals surface area (Å²) in [6.45, 7) is 4.00. The highest BCUT2D eigenvalue weighted by Crippen LogP contribution is 2.05. The van der Waals surface area contributed by atoms with Gasteiger partial charge in [0.1, 0.15) is 0 Å². The number of quaternary nitrogens is 1. The van der Waals surface area contributed by atoms with Crippen LogP contribution in [0.2, 0.25) is 0 Å². The highest BCUT2D eigenvalue weighted by atomic mass is 16.5.